The zero-order valence-electron chi connectivity index (χ0n) is 18.1. The Morgan fingerprint density at radius 1 is 1.19 bits per heavy atom. The van der Waals surface area contributed by atoms with E-state index in [1.165, 1.54) is 11.8 Å². The Hall–Kier alpha value is -3.37. The van der Waals surface area contributed by atoms with Crippen LogP contribution in [0.5, 0.6) is 0 Å². The monoisotopic (exact) mass is 450 g/mol. The molecule has 166 valence electrons. The molecule has 1 aromatic carbocycles. The van der Waals surface area contributed by atoms with Crippen molar-refractivity contribution in [2.24, 2.45) is 0 Å². The van der Waals surface area contributed by atoms with Crippen LogP contribution >= 0.6 is 11.8 Å². The van der Waals surface area contributed by atoms with Crippen LogP contribution in [0.15, 0.2) is 64.9 Å². The summed E-state index contributed by atoms with van der Waals surface area (Å²) in [5.74, 6) is 1.44. The third-order valence-electron chi connectivity index (χ3n) is 4.83. The predicted octanol–water partition coefficient (Wildman–Crippen LogP) is 4.02. The van der Waals surface area contributed by atoms with E-state index in [4.69, 9.17) is 0 Å². The quantitative estimate of drug-likeness (QED) is 0.335. The van der Waals surface area contributed by atoms with Gasteiger partial charge in [0.25, 0.3) is 0 Å². The molecule has 4 aromatic rings. The maximum Gasteiger partial charge on any atom is 0.238 e. The SMILES string of the molecule is CCCN(CC)CC(=O)Nc1ccc(Sc2nc(Nc3ccn[nH]3)c3cccn3n2)cc1. The lowest BCUT2D eigenvalue weighted by atomic mass is 10.3. The van der Waals surface area contributed by atoms with Crippen molar-refractivity contribution in [3.05, 3.63) is 54.9 Å². The van der Waals surface area contributed by atoms with Crippen LogP contribution < -0.4 is 10.6 Å². The smallest absolute Gasteiger partial charge is 0.238 e. The van der Waals surface area contributed by atoms with Crippen LogP contribution in [0.1, 0.15) is 20.3 Å². The molecule has 1 amide bonds. The average Bonchev–Trinajstić information content (AvgIpc) is 3.47. The minimum Gasteiger partial charge on any atom is -0.325 e. The summed E-state index contributed by atoms with van der Waals surface area (Å²) in [5, 5.41) is 18.2. The number of hydrogen-bond acceptors (Lipinski definition) is 7. The van der Waals surface area contributed by atoms with Gasteiger partial charge in [-0.2, -0.15) is 5.10 Å². The summed E-state index contributed by atoms with van der Waals surface area (Å²) < 4.78 is 1.79. The van der Waals surface area contributed by atoms with Crippen molar-refractivity contribution in [1.82, 2.24) is 29.7 Å². The first-order valence-corrected chi connectivity index (χ1v) is 11.4. The van der Waals surface area contributed by atoms with Gasteiger partial charge >= 0.3 is 0 Å². The zero-order chi connectivity index (χ0) is 22.3. The maximum absolute atomic E-state index is 12.3. The molecule has 0 saturated heterocycles. The van der Waals surface area contributed by atoms with Crippen LogP contribution in [0.2, 0.25) is 0 Å². The highest BCUT2D eigenvalue weighted by Gasteiger charge is 2.11. The Morgan fingerprint density at radius 3 is 2.75 bits per heavy atom. The number of carbonyl (C=O) groups is 1. The Kier molecular flexibility index (Phi) is 7.03. The van der Waals surface area contributed by atoms with Crippen molar-refractivity contribution in [3.8, 4) is 0 Å². The summed E-state index contributed by atoms with van der Waals surface area (Å²) in [7, 11) is 0. The number of aromatic amines is 1. The van der Waals surface area contributed by atoms with Gasteiger partial charge in [0.15, 0.2) is 5.82 Å². The molecule has 3 N–H and O–H groups in total. The van der Waals surface area contributed by atoms with Gasteiger partial charge in [-0.3, -0.25) is 14.8 Å². The second kappa shape index (κ2) is 10.3. The number of fused-ring (bicyclic) bond motifs is 1. The third-order valence-corrected chi connectivity index (χ3v) is 5.69. The number of aromatic nitrogens is 5. The number of amides is 1. The molecule has 0 aliphatic heterocycles. The normalized spacial score (nSPS) is 11.2. The standard InChI is InChI=1S/C22H26N8OS/c1-3-13-29(4-2)15-20(31)24-16-7-9-17(10-8-16)32-22-26-21(25-19-11-12-23-27-19)18-6-5-14-30(18)28-22/h5-12,14H,3-4,13,15H2,1-2H3,(H,24,31)(H2,23,25,26,27,28). The molecule has 0 spiro atoms. The molecule has 3 aromatic heterocycles. The van der Waals surface area contributed by atoms with Gasteiger partial charge in [0.2, 0.25) is 11.1 Å². The number of hydrogen-bond donors (Lipinski definition) is 3. The summed E-state index contributed by atoms with van der Waals surface area (Å²) in [6, 6.07) is 13.4. The Balaban J connectivity index is 1.43. The van der Waals surface area contributed by atoms with Gasteiger partial charge in [0, 0.05) is 22.8 Å². The molecular weight excluding hydrogens is 424 g/mol. The molecule has 0 aliphatic rings. The van der Waals surface area contributed by atoms with E-state index in [1.54, 1.807) is 10.7 Å². The van der Waals surface area contributed by atoms with Crippen LogP contribution in [0.3, 0.4) is 0 Å². The molecule has 0 radical (unpaired) electrons. The van der Waals surface area contributed by atoms with Gasteiger partial charge in [-0.1, -0.05) is 13.8 Å². The first kappa shape index (κ1) is 21.8. The van der Waals surface area contributed by atoms with Gasteiger partial charge in [-0.05, 0) is 67.7 Å². The lowest BCUT2D eigenvalue weighted by molar-refractivity contribution is -0.117. The van der Waals surface area contributed by atoms with Crippen LogP contribution in [0, 0.1) is 0 Å². The van der Waals surface area contributed by atoms with Crippen LogP contribution in [0.25, 0.3) is 5.52 Å². The molecule has 4 rings (SSSR count). The number of nitrogens with one attached hydrogen (secondary N) is 3. The topological polar surface area (TPSA) is 103 Å². The van der Waals surface area contributed by atoms with Crippen molar-refractivity contribution >= 4 is 40.5 Å². The van der Waals surface area contributed by atoms with Gasteiger partial charge in [-0.25, -0.2) is 9.50 Å². The second-order valence-electron chi connectivity index (χ2n) is 7.22. The van der Waals surface area contributed by atoms with E-state index < -0.39 is 0 Å². The van der Waals surface area contributed by atoms with E-state index in [-0.39, 0.29) is 5.91 Å². The Labute approximate surface area is 190 Å². The Morgan fingerprint density at radius 2 is 2.03 bits per heavy atom. The molecule has 0 bridgehead atoms. The summed E-state index contributed by atoms with van der Waals surface area (Å²) >= 11 is 1.45. The maximum atomic E-state index is 12.3. The first-order valence-electron chi connectivity index (χ1n) is 10.6. The third kappa shape index (κ3) is 5.45. The lowest BCUT2D eigenvalue weighted by Gasteiger charge is -2.18. The zero-order valence-corrected chi connectivity index (χ0v) is 18.9. The number of benzene rings is 1. The number of nitrogens with zero attached hydrogens (tertiary/aromatic N) is 5. The molecule has 0 atom stereocenters. The van der Waals surface area contributed by atoms with Gasteiger partial charge in [0.1, 0.15) is 11.3 Å². The minimum absolute atomic E-state index is 0.00313. The van der Waals surface area contributed by atoms with Crippen molar-refractivity contribution in [3.63, 3.8) is 0 Å². The molecule has 0 unspecified atom stereocenters. The van der Waals surface area contributed by atoms with E-state index in [1.807, 2.05) is 48.7 Å². The van der Waals surface area contributed by atoms with E-state index in [0.717, 1.165) is 41.4 Å². The highest BCUT2D eigenvalue weighted by atomic mass is 32.2. The molecule has 0 fully saturated rings. The first-order chi connectivity index (χ1) is 15.6. The predicted molar refractivity (Wildman–Crippen MR) is 126 cm³/mol. The van der Waals surface area contributed by atoms with Crippen LogP contribution in [0.4, 0.5) is 17.3 Å². The van der Waals surface area contributed by atoms with Crippen molar-refractivity contribution in [2.75, 3.05) is 30.3 Å². The van der Waals surface area contributed by atoms with Crippen molar-refractivity contribution in [2.45, 2.75) is 30.3 Å². The molecule has 0 saturated carbocycles. The fourth-order valence-corrected chi connectivity index (χ4v) is 4.03. The van der Waals surface area contributed by atoms with E-state index in [2.05, 4.69) is 49.7 Å². The molecule has 9 nitrogen and oxygen atoms in total. The van der Waals surface area contributed by atoms with E-state index in [0.29, 0.717) is 17.5 Å². The number of anilines is 3. The fraction of sp³-hybridized carbons (Fsp3) is 0.273. The highest BCUT2D eigenvalue weighted by Crippen LogP contribution is 2.28. The molecule has 32 heavy (non-hydrogen) atoms. The summed E-state index contributed by atoms with van der Waals surface area (Å²) in [6.45, 7) is 6.36. The van der Waals surface area contributed by atoms with E-state index in [9.17, 15) is 4.79 Å². The number of carbonyl (C=O) groups excluding carboxylic acids is 1. The highest BCUT2D eigenvalue weighted by molar-refractivity contribution is 7.99. The van der Waals surface area contributed by atoms with Gasteiger partial charge in [-0.15, -0.1) is 5.10 Å². The molecular formula is C22H26N8OS. The average molecular weight is 451 g/mol. The second-order valence-corrected chi connectivity index (χ2v) is 8.26. The van der Waals surface area contributed by atoms with Gasteiger partial charge in [0.05, 0.1) is 12.7 Å². The largest absolute Gasteiger partial charge is 0.325 e. The number of rotatable bonds is 10. The molecule has 10 heteroatoms. The summed E-state index contributed by atoms with van der Waals surface area (Å²) in [4.78, 5) is 20.1. The molecule has 3 heterocycles. The summed E-state index contributed by atoms with van der Waals surface area (Å²) in [6.07, 6.45) is 4.59. The summed E-state index contributed by atoms with van der Waals surface area (Å²) in [5.41, 5.74) is 1.64. The number of likely N-dealkylation sites (N-methyl/N-ethyl adjacent to an activating group) is 1. The lowest BCUT2D eigenvalue weighted by Crippen LogP contribution is -2.33. The van der Waals surface area contributed by atoms with E-state index >= 15 is 0 Å². The number of H-pyrrole nitrogens is 1. The van der Waals surface area contributed by atoms with Gasteiger partial charge < -0.3 is 10.6 Å². The molecule has 0 aliphatic carbocycles. The van der Waals surface area contributed by atoms with Crippen LogP contribution in [-0.4, -0.2) is 55.2 Å². The van der Waals surface area contributed by atoms with Crippen LogP contribution in [-0.2, 0) is 4.79 Å². The Bertz CT molecular complexity index is 1160. The van der Waals surface area contributed by atoms with Crippen molar-refractivity contribution < 1.29 is 4.79 Å². The van der Waals surface area contributed by atoms with Crippen molar-refractivity contribution in [1.29, 1.82) is 0 Å². The fourth-order valence-electron chi connectivity index (χ4n) is 3.28. The minimum atomic E-state index is -0.00313.